The molecule has 1 atom stereocenters. The second-order valence-corrected chi connectivity index (χ2v) is 10.1. The number of hydrogen-bond acceptors (Lipinski definition) is 7. The maximum absolute atomic E-state index is 13.4. The van der Waals surface area contributed by atoms with Crippen LogP contribution < -0.4 is 20.5 Å². The lowest BCUT2D eigenvalue weighted by Crippen LogP contribution is -2.51. The van der Waals surface area contributed by atoms with Crippen LogP contribution in [0.3, 0.4) is 0 Å². The quantitative estimate of drug-likeness (QED) is 0.287. The maximum Gasteiger partial charge on any atom is 0.269 e. The number of fused-ring (bicyclic) bond motifs is 1. The monoisotopic (exact) mass is 546 g/mol. The van der Waals surface area contributed by atoms with Crippen molar-refractivity contribution in [1.29, 1.82) is 0 Å². The standard InChI is InChI=1S/C30H34N4O6/c1-18(2)19-5-7-20(8-6-19)30(36)32-28(16-22-13-24(34(37)38)9-10-25(22)29(31)35)33-12-11-21-14-26(39-3)27(40-4)15-23(21)17-33/h5-10,13-15,18,28H,11-12,16-17H2,1-4H3,(H2,31,35)(H,32,36). The van der Waals surface area contributed by atoms with Gasteiger partial charge in [-0.05, 0) is 64.9 Å². The Labute approximate surface area is 233 Å². The van der Waals surface area contributed by atoms with Crippen LogP contribution in [0.2, 0.25) is 0 Å². The summed E-state index contributed by atoms with van der Waals surface area (Å²) in [6.07, 6.45) is 0.236. The van der Waals surface area contributed by atoms with Crippen molar-refractivity contribution in [3.63, 3.8) is 0 Å². The van der Waals surface area contributed by atoms with Crippen LogP contribution in [0.15, 0.2) is 54.6 Å². The first-order chi connectivity index (χ1) is 19.1. The van der Waals surface area contributed by atoms with E-state index >= 15 is 0 Å². The molecule has 10 heteroatoms. The molecule has 0 aliphatic carbocycles. The summed E-state index contributed by atoms with van der Waals surface area (Å²) in [6.45, 7) is 5.24. The van der Waals surface area contributed by atoms with E-state index < -0.39 is 17.0 Å². The van der Waals surface area contributed by atoms with Gasteiger partial charge in [-0.1, -0.05) is 26.0 Å². The van der Waals surface area contributed by atoms with Gasteiger partial charge in [-0.25, -0.2) is 0 Å². The SMILES string of the molecule is COc1cc2c(cc1OC)CN(C(Cc1cc([N+](=O)[O-])ccc1C(N)=O)NC(=O)c1ccc(C(C)C)cc1)CC2. The maximum atomic E-state index is 13.4. The molecule has 1 unspecified atom stereocenters. The topological polar surface area (TPSA) is 137 Å². The average molecular weight is 547 g/mol. The minimum absolute atomic E-state index is 0.137. The van der Waals surface area contributed by atoms with Gasteiger partial charge in [-0.15, -0.1) is 0 Å². The van der Waals surface area contributed by atoms with Gasteiger partial charge in [-0.2, -0.15) is 0 Å². The number of benzene rings is 3. The summed E-state index contributed by atoms with van der Waals surface area (Å²) >= 11 is 0. The predicted octanol–water partition coefficient (Wildman–Crippen LogP) is 4.19. The fourth-order valence-corrected chi connectivity index (χ4v) is 5.01. The summed E-state index contributed by atoms with van der Waals surface area (Å²) in [7, 11) is 3.17. The van der Waals surface area contributed by atoms with Crippen molar-refractivity contribution in [1.82, 2.24) is 10.2 Å². The number of ether oxygens (including phenoxy) is 2. The van der Waals surface area contributed by atoms with Crippen molar-refractivity contribution in [3.05, 3.63) is 98.1 Å². The molecule has 0 spiro atoms. The number of nitro benzene ring substituents is 1. The zero-order chi connectivity index (χ0) is 29.0. The molecule has 1 heterocycles. The molecule has 0 saturated carbocycles. The van der Waals surface area contributed by atoms with Crippen LogP contribution in [-0.4, -0.2) is 48.6 Å². The minimum atomic E-state index is -0.694. The number of nitrogens with two attached hydrogens (primary N) is 1. The van der Waals surface area contributed by atoms with E-state index in [4.69, 9.17) is 15.2 Å². The van der Waals surface area contributed by atoms with E-state index in [9.17, 15) is 19.7 Å². The molecule has 210 valence electrons. The molecule has 10 nitrogen and oxygen atoms in total. The Balaban J connectivity index is 1.69. The van der Waals surface area contributed by atoms with Gasteiger partial charge >= 0.3 is 0 Å². The molecule has 1 aliphatic heterocycles. The third kappa shape index (κ3) is 6.23. The number of nitro groups is 1. The van der Waals surface area contributed by atoms with Gasteiger partial charge in [-0.3, -0.25) is 24.6 Å². The van der Waals surface area contributed by atoms with Crippen molar-refractivity contribution in [2.45, 2.75) is 45.3 Å². The van der Waals surface area contributed by atoms with E-state index in [0.29, 0.717) is 48.1 Å². The number of nitrogens with zero attached hydrogens (tertiary/aromatic N) is 2. The summed E-state index contributed by atoms with van der Waals surface area (Å²) in [5, 5.41) is 14.6. The van der Waals surface area contributed by atoms with Crippen molar-refractivity contribution < 1.29 is 24.0 Å². The van der Waals surface area contributed by atoms with E-state index in [1.807, 2.05) is 24.3 Å². The molecule has 3 N–H and O–H groups in total. The Morgan fingerprint density at radius 3 is 2.25 bits per heavy atom. The fourth-order valence-electron chi connectivity index (χ4n) is 5.01. The molecule has 3 aromatic carbocycles. The normalized spacial score (nSPS) is 13.8. The smallest absolute Gasteiger partial charge is 0.269 e. The van der Waals surface area contributed by atoms with E-state index in [-0.39, 0.29) is 23.6 Å². The first-order valence-electron chi connectivity index (χ1n) is 13.1. The van der Waals surface area contributed by atoms with Crippen molar-refractivity contribution >= 4 is 17.5 Å². The van der Waals surface area contributed by atoms with Crippen molar-refractivity contribution in [2.24, 2.45) is 5.73 Å². The van der Waals surface area contributed by atoms with Crippen LogP contribution in [0.4, 0.5) is 5.69 Å². The summed E-state index contributed by atoms with van der Waals surface area (Å²) in [6, 6.07) is 15.3. The average Bonchev–Trinajstić information content (AvgIpc) is 2.95. The fraction of sp³-hybridized carbons (Fsp3) is 0.333. The summed E-state index contributed by atoms with van der Waals surface area (Å²) in [5.41, 5.74) is 9.75. The van der Waals surface area contributed by atoms with E-state index in [0.717, 1.165) is 16.7 Å². The van der Waals surface area contributed by atoms with Gasteiger partial charge in [0.05, 0.1) is 25.3 Å². The number of methoxy groups -OCH3 is 2. The zero-order valence-corrected chi connectivity index (χ0v) is 23.1. The van der Waals surface area contributed by atoms with E-state index in [1.165, 1.54) is 18.2 Å². The number of amides is 2. The van der Waals surface area contributed by atoms with E-state index in [1.54, 1.807) is 26.4 Å². The predicted molar refractivity (Wildman–Crippen MR) is 151 cm³/mol. The Morgan fingerprint density at radius 2 is 1.68 bits per heavy atom. The highest BCUT2D eigenvalue weighted by Gasteiger charge is 2.29. The molecular formula is C30H34N4O6. The van der Waals surface area contributed by atoms with Crippen molar-refractivity contribution in [3.8, 4) is 11.5 Å². The molecule has 2 amide bonds. The largest absolute Gasteiger partial charge is 0.493 e. The van der Waals surface area contributed by atoms with Crippen LogP contribution in [0.25, 0.3) is 0 Å². The van der Waals surface area contributed by atoms with E-state index in [2.05, 4.69) is 24.1 Å². The Bertz CT molecular complexity index is 1420. The Kier molecular flexibility index (Phi) is 8.69. The molecular weight excluding hydrogens is 512 g/mol. The van der Waals surface area contributed by atoms with Crippen LogP contribution in [0.1, 0.15) is 62.7 Å². The molecule has 40 heavy (non-hydrogen) atoms. The number of nitrogens with one attached hydrogen (secondary N) is 1. The number of primary amides is 1. The number of carbonyl (C=O) groups is 2. The molecule has 0 aromatic heterocycles. The molecule has 0 fully saturated rings. The van der Waals surface area contributed by atoms with Crippen LogP contribution in [-0.2, 0) is 19.4 Å². The number of rotatable bonds is 10. The first kappa shape index (κ1) is 28.6. The number of non-ortho nitro benzene ring substituents is 1. The van der Waals surface area contributed by atoms with Gasteiger partial charge in [0.15, 0.2) is 11.5 Å². The van der Waals surface area contributed by atoms with Gasteiger partial charge in [0.2, 0.25) is 5.91 Å². The lowest BCUT2D eigenvalue weighted by Gasteiger charge is -2.36. The highest BCUT2D eigenvalue weighted by molar-refractivity contribution is 5.95. The minimum Gasteiger partial charge on any atom is -0.493 e. The Morgan fingerprint density at radius 1 is 1.02 bits per heavy atom. The van der Waals surface area contributed by atoms with Gasteiger partial charge < -0.3 is 20.5 Å². The lowest BCUT2D eigenvalue weighted by molar-refractivity contribution is -0.384. The number of hydrogen-bond donors (Lipinski definition) is 2. The second kappa shape index (κ2) is 12.2. The highest BCUT2D eigenvalue weighted by atomic mass is 16.6. The van der Waals surface area contributed by atoms with Gasteiger partial charge in [0, 0.05) is 42.8 Å². The Hall–Kier alpha value is -4.44. The van der Waals surface area contributed by atoms with Crippen molar-refractivity contribution in [2.75, 3.05) is 20.8 Å². The van der Waals surface area contributed by atoms with Gasteiger partial charge in [0.25, 0.3) is 11.6 Å². The molecule has 1 aliphatic rings. The van der Waals surface area contributed by atoms with Crippen LogP contribution >= 0.6 is 0 Å². The molecule has 0 radical (unpaired) electrons. The van der Waals surface area contributed by atoms with Gasteiger partial charge in [0.1, 0.15) is 0 Å². The molecule has 0 saturated heterocycles. The lowest BCUT2D eigenvalue weighted by atomic mass is 9.96. The second-order valence-electron chi connectivity index (χ2n) is 10.1. The van der Waals surface area contributed by atoms with Crippen LogP contribution in [0, 0.1) is 10.1 Å². The highest BCUT2D eigenvalue weighted by Crippen LogP contribution is 2.34. The summed E-state index contributed by atoms with van der Waals surface area (Å²) in [4.78, 5) is 38.7. The molecule has 4 rings (SSSR count). The number of carbonyl (C=O) groups excluding carboxylic acids is 2. The molecule has 3 aromatic rings. The third-order valence-corrected chi connectivity index (χ3v) is 7.30. The zero-order valence-electron chi connectivity index (χ0n) is 23.1. The molecule has 0 bridgehead atoms. The third-order valence-electron chi connectivity index (χ3n) is 7.30. The first-order valence-corrected chi connectivity index (χ1v) is 13.1. The van der Waals surface area contributed by atoms with Crippen LogP contribution in [0.5, 0.6) is 11.5 Å². The summed E-state index contributed by atoms with van der Waals surface area (Å²) < 4.78 is 10.9. The summed E-state index contributed by atoms with van der Waals surface area (Å²) in [5.74, 6) is 0.593.